The summed E-state index contributed by atoms with van der Waals surface area (Å²) in [5, 5.41) is 21.2. The summed E-state index contributed by atoms with van der Waals surface area (Å²) in [6.07, 6.45) is 41.6. The van der Waals surface area contributed by atoms with E-state index in [0.29, 0.717) is 36.9 Å². The van der Waals surface area contributed by atoms with E-state index in [-0.39, 0.29) is 5.97 Å². The van der Waals surface area contributed by atoms with Crippen LogP contribution in [0, 0.1) is 33.6 Å². The predicted molar refractivity (Wildman–Crippen MR) is 255 cm³/mol. The zero-order chi connectivity index (χ0) is 43.1. The predicted octanol–water partition coefficient (Wildman–Crippen LogP) is 17.3. The number of hydrogen-bond acceptors (Lipinski definition) is 4. The molecule has 0 atom stereocenters. The van der Waals surface area contributed by atoms with E-state index in [0.717, 1.165) is 46.2 Å². The highest BCUT2D eigenvalue weighted by Gasteiger charge is 2.32. The second-order valence-corrected chi connectivity index (χ2v) is 19.1. The number of benzene rings is 2. The Hall–Kier alpha value is -2.49. The zero-order valence-electron chi connectivity index (χ0n) is 39.9. The summed E-state index contributed by atoms with van der Waals surface area (Å²) < 4.78 is 6.12. The lowest BCUT2D eigenvalue weighted by Gasteiger charge is -2.33. The first kappa shape index (κ1) is 52.6. The number of ether oxygens (including phenoxy) is 1. The molecule has 0 aromatic heterocycles. The summed E-state index contributed by atoms with van der Waals surface area (Å²) in [5.41, 5.74) is 4.96. The monoisotopic (exact) mass is 819 g/mol. The molecular formula is C55H94O4. The fourth-order valence-electron chi connectivity index (χ4n) is 9.21. The molecule has 0 spiro atoms. The van der Waals surface area contributed by atoms with Crippen LogP contribution in [0.15, 0.2) is 24.3 Å². The Kier molecular flexibility index (Phi) is 28.8. The van der Waals surface area contributed by atoms with E-state index in [1.165, 1.54) is 180 Å². The van der Waals surface area contributed by atoms with Crippen LogP contribution in [0.3, 0.4) is 0 Å². The lowest BCUT2D eigenvalue weighted by Crippen LogP contribution is -2.26. The van der Waals surface area contributed by atoms with E-state index in [1.807, 2.05) is 52.0 Å². The molecule has 0 aliphatic rings. The maximum absolute atomic E-state index is 13.5. The van der Waals surface area contributed by atoms with Crippen molar-refractivity contribution in [1.29, 1.82) is 0 Å². The molecule has 0 bridgehead atoms. The second-order valence-electron chi connectivity index (χ2n) is 19.1. The van der Waals surface area contributed by atoms with Crippen LogP contribution in [-0.2, 0) is 14.9 Å². The smallest absolute Gasteiger partial charge is 0.305 e. The van der Waals surface area contributed by atoms with Gasteiger partial charge in [-0.25, -0.2) is 0 Å². The molecule has 0 fully saturated rings. The number of aromatic hydroxyl groups is 2. The molecule has 0 amide bonds. The summed E-state index contributed by atoms with van der Waals surface area (Å²) in [4.78, 5) is 13.5. The van der Waals surface area contributed by atoms with E-state index >= 15 is 0 Å². The number of carbonyl (C=O) groups is 1. The normalized spacial score (nSPS) is 11.9. The van der Waals surface area contributed by atoms with Crippen molar-refractivity contribution >= 4 is 5.97 Å². The molecule has 0 aliphatic heterocycles. The van der Waals surface area contributed by atoms with E-state index < -0.39 is 5.41 Å². The van der Waals surface area contributed by atoms with Crippen molar-refractivity contribution in [3.8, 4) is 11.5 Å². The van der Waals surface area contributed by atoms with Gasteiger partial charge in [-0.15, -0.1) is 0 Å². The summed E-state index contributed by atoms with van der Waals surface area (Å²) >= 11 is 0. The highest BCUT2D eigenvalue weighted by atomic mass is 16.5. The van der Waals surface area contributed by atoms with Crippen molar-refractivity contribution in [2.45, 2.75) is 259 Å². The lowest BCUT2D eigenvalue weighted by molar-refractivity contribution is -0.145. The fraction of sp³-hybridized carbons (Fsp3) is 0.764. The Morgan fingerprint density at radius 3 is 1.05 bits per heavy atom. The molecule has 0 saturated carbocycles. The van der Waals surface area contributed by atoms with Crippen LogP contribution in [0.25, 0.3) is 0 Å². The molecule has 2 N–H and O–H groups in total. The minimum atomic E-state index is -0.493. The van der Waals surface area contributed by atoms with Crippen molar-refractivity contribution in [3.05, 3.63) is 57.6 Å². The van der Waals surface area contributed by atoms with Crippen LogP contribution >= 0.6 is 0 Å². The van der Waals surface area contributed by atoms with E-state index in [9.17, 15) is 15.0 Å². The number of carbonyl (C=O) groups excluding carboxylic acids is 1. The van der Waals surface area contributed by atoms with Crippen molar-refractivity contribution in [2.75, 3.05) is 6.61 Å². The number of hydrogen-bond donors (Lipinski definition) is 2. The van der Waals surface area contributed by atoms with Crippen LogP contribution < -0.4 is 0 Å². The van der Waals surface area contributed by atoms with Gasteiger partial charge in [-0.1, -0.05) is 225 Å². The Bertz CT molecular complexity index is 1240. The van der Waals surface area contributed by atoms with Gasteiger partial charge in [0, 0.05) is 11.8 Å². The van der Waals surface area contributed by atoms with Crippen molar-refractivity contribution < 1.29 is 19.7 Å². The maximum Gasteiger partial charge on any atom is 0.305 e. The van der Waals surface area contributed by atoms with Gasteiger partial charge in [-0.05, 0) is 86.3 Å². The van der Waals surface area contributed by atoms with Gasteiger partial charge in [0.25, 0.3) is 0 Å². The number of unbranched alkanes of at least 4 members (excludes halogenated alkanes) is 26. The maximum atomic E-state index is 13.5. The van der Waals surface area contributed by atoms with Crippen molar-refractivity contribution in [3.63, 3.8) is 0 Å². The first-order chi connectivity index (χ1) is 28.5. The third kappa shape index (κ3) is 22.3. The molecule has 0 unspecified atom stereocenters. The van der Waals surface area contributed by atoms with E-state index in [2.05, 4.69) is 20.8 Å². The highest BCUT2D eigenvalue weighted by Crippen LogP contribution is 2.41. The van der Waals surface area contributed by atoms with Gasteiger partial charge in [0.15, 0.2) is 0 Å². The number of phenolic OH excluding ortho intramolecular Hbond substituents is 2. The standard InChI is InChI=1S/C55H94O4/c1-8-10-12-14-16-18-20-22-24-26-28-30-32-34-36-49(37-35-33-31-29-27-25-23-21-19-17-15-13-11-9-2)44-59-52(56)38-39-55(7,50-40-45(3)53(57)46(4)41-50)51-42-47(5)54(58)48(6)43-51/h40-43,49,57-58H,8-39,44H2,1-7H3. The third-order valence-corrected chi connectivity index (χ3v) is 13.5. The fourth-order valence-corrected chi connectivity index (χ4v) is 9.21. The molecule has 59 heavy (non-hydrogen) atoms. The average Bonchev–Trinajstić information content (AvgIpc) is 3.22. The minimum Gasteiger partial charge on any atom is -0.507 e. The molecular weight excluding hydrogens is 725 g/mol. The molecule has 2 aromatic carbocycles. The highest BCUT2D eigenvalue weighted by molar-refractivity contribution is 5.70. The zero-order valence-corrected chi connectivity index (χ0v) is 39.9. The van der Waals surface area contributed by atoms with Crippen molar-refractivity contribution in [2.24, 2.45) is 5.92 Å². The molecule has 0 aliphatic carbocycles. The van der Waals surface area contributed by atoms with Gasteiger partial charge in [-0.3, -0.25) is 4.79 Å². The SMILES string of the molecule is CCCCCCCCCCCCCCCCC(CCCCCCCCCCCCCCCC)COC(=O)CCC(C)(c1cc(C)c(O)c(C)c1)c1cc(C)c(O)c(C)c1. The van der Waals surface area contributed by atoms with Crippen LogP contribution in [-0.4, -0.2) is 22.8 Å². The Labute approximate surface area is 365 Å². The van der Waals surface area contributed by atoms with Crippen LogP contribution in [0.4, 0.5) is 0 Å². The molecule has 2 aromatic rings. The molecule has 2 rings (SSSR count). The Morgan fingerprint density at radius 2 is 0.763 bits per heavy atom. The molecule has 338 valence electrons. The van der Waals surface area contributed by atoms with Gasteiger partial charge >= 0.3 is 5.97 Å². The van der Waals surface area contributed by atoms with Crippen LogP contribution in [0.1, 0.15) is 260 Å². The Balaban J connectivity index is 1.87. The second kappa shape index (κ2) is 32.3. The molecule has 0 heterocycles. The van der Waals surface area contributed by atoms with Crippen molar-refractivity contribution in [1.82, 2.24) is 0 Å². The number of esters is 1. The number of aryl methyl sites for hydroxylation is 4. The largest absolute Gasteiger partial charge is 0.507 e. The first-order valence-electron chi connectivity index (χ1n) is 25.3. The third-order valence-electron chi connectivity index (χ3n) is 13.5. The van der Waals surface area contributed by atoms with Crippen LogP contribution in [0.5, 0.6) is 11.5 Å². The van der Waals surface area contributed by atoms with Gasteiger partial charge in [0.2, 0.25) is 0 Å². The van der Waals surface area contributed by atoms with Gasteiger partial charge in [0.05, 0.1) is 6.61 Å². The van der Waals surface area contributed by atoms with Gasteiger partial charge < -0.3 is 14.9 Å². The summed E-state index contributed by atoms with van der Waals surface area (Å²) in [6.45, 7) is 15.0. The van der Waals surface area contributed by atoms with Crippen LogP contribution in [0.2, 0.25) is 0 Å². The number of rotatable bonds is 37. The summed E-state index contributed by atoms with van der Waals surface area (Å²) in [5.74, 6) is 0.946. The molecule has 4 heteroatoms. The summed E-state index contributed by atoms with van der Waals surface area (Å²) in [7, 11) is 0. The number of phenols is 2. The average molecular weight is 819 g/mol. The first-order valence-corrected chi connectivity index (χ1v) is 25.3. The quantitative estimate of drug-likeness (QED) is 0.0526. The summed E-state index contributed by atoms with van der Waals surface area (Å²) in [6, 6.07) is 8.20. The minimum absolute atomic E-state index is 0.123. The molecule has 0 radical (unpaired) electrons. The van der Waals surface area contributed by atoms with Gasteiger partial charge in [-0.2, -0.15) is 0 Å². The Morgan fingerprint density at radius 1 is 0.492 bits per heavy atom. The molecule has 0 saturated heterocycles. The van der Waals surface area contributed by atoms with E-state index in [4.69, 9.17) is 4.74 Å². The topological polar surface area (TPSA) is 66.8 Å². The lowest BCUT2D eigenvalue weighted by atomic mass is 9.71. The van der Waals surface area contributed by atoms with E-state index in [1.54, 1.807) is 0 Å². The molecule has 4 nitrogen and oxygen atoms in total. The van der Waals surface area contributed by atoms with Gasteiger partial charge in [0.1, 0.15) is 11.5 Å².